The molecule has 0 heterocycles. The number of benzene rings is 2. The summed E-state index contributed by atoms with van der Waals surface area (Å²) in [6.45, 7) is 4.02. The lowest BCUT2D eigenvalue weighted by molar-refractivity contribution is 0.0308. The number of aryl methyl sites for hydroxylation is 1. The highest BCUT2D eigenvalue weighted by molar-refractivity contribution is 5.34. The van der Waals surface area contributed by atoms with E-state index in [4.69, 9.17) is 0 Å². The Morgan fingerprint density at radius 1 is 1.05 bits per heavy atom. The maximum Gasteiger partial charge on any atom is 0.0902 e. The van der Waals surface area contributed by atoms with Crippen molar-refractivity contribution in [1.29, 1.82) is 0 Å². The van der Waals surface area contributed by atoms with Gasteiger partial charge >= 0.3 is 0 Å². The van der Waals surface area contributed by atoms with Crippen LogP contribution in [0.25, 0.3) is 0 Å². The summed E-state index contributed by atoms with van der Waals surface area (Å²) in [5.41, 5.74) is 2.86. The molecule has 0 saturated heterocycles. The van der Waals surface area contributed by atoms with Crippen molar-refractivity contribution in [3.05, 3.63) is 71.3 Å². The van der Waals surface area contributed by atoms with Crippen LogP contribution in [0.15, 0.2) is 54.6 Å². The monoisotopic (exact) mass is 252 g/mol. The second-order valence-corrected chi connectivity index (χ2v) is 5.88. The lowest BCUT2D eigenvalue weighted by Gasteiger charge is -2.25. The number of hydrogen-bond acceptors (Lipinski definition) is 1. The fourth-order valence-electron chi connectivity index (χ4n) is 3.06. The third-order valence-corrected chi connectivity index (χ3v) is 4.34. The molecule has 1 N–H and O–H groups in total. The number of aliphatic hydroxyl groups is 1. The summed E-state index contributed by atoms with van der Waals surface area (Å²) in [7, 11) is 0. The van der Waals surface area contributed by atoms with E-state index in [9.17, 15) is 5.11 Å². The van der Waals surface area contributed by atoms with Crippen LogP contribution in [0.5, 0.6) is 0 Å². The summed E-state index contributed by atoms with van der Waals surface area (Å²) < 4.78 is 0. The van der Waals surface area contributed by atoms with Crippen LogP contribution in [-0.2, 0) is 5.60 Å². The molecular formula is C18H20O. The molecule has 0 aromatic heterocycles. The summed E-state index contributed by atoms with van der Waals surface area (Å²) >= 11 is 0. The predicted molar refractivity (Wildman–Crippen MR) is 78.0 cm³/mol. The van der Waals surface area contributed by atoms with E-state index < -0.39 is 5.60 Å². The Hall–Kier alpha value is -1.60. The van der Waals surface area contributed by atoms with Crippen molar-refractivity contribution in [2.45, 2.75) is 31.8 Å². The van der Waals surface area contributed by atoms with E-state index in [2.05, 4.69) is 43.3 Å². The molecule has 98 valence electrons. The SMILES string of the molecule is Cc1cccc(C(C)(O)C2CC2c2ccccc2)c1. The zero-order valence-electron chi connectivity index (χ0n) is 11.5. The van der Waals surface area contributed by atoms with Crippen molar-refractivity contribution in [2.24, 2.45) is 5.92 Å². The minimum Gasteiger partial charge on any atom is -0.385 e. The predicted octanol–water partition coefficient (Wildman–Crippen LogP) is 4.01. The Bertz CT molecular complexity index is 571. The quantitative estimate of drug-likeness (QED) is 0.875. The average Bonchev–Trinajstić information content (AvgIpc) is 3.21. The van der Waals surface area contributed by atoms with Gasteiger partial charge in [0.1, 0.15) is 0 Å². The Morgan fingerprint density at radius 3 is 2.47 bits per heavy atom. The smallest absolute Gasteiger partial charge is 0.0902 e. The lowest BCUT2D eigenvalue weighted by Crippen LogP contribution is -2.24. The maximum atomic E-state index is 10.9. The van der Waals surface area contributed by atoms with Crippen LogP contribution in [-0.4, -0.2) is 5.11 Å². The van der Waals surface area contributed by atoms with Gasteiger partial charge in [-0.25, -0.2) is 0 Å². The number of hydrogen-bond donors (Lipinski definition) is 1. The number of rotatable bonds is 3. The van der Waals surface area contributed by atoms with Crippen LogP contribution < -0.4 is 0 Å². The molecular weight excluding hydrogens is 232 g/mol. The lowest BCUT2D eigenvalue weighted by atomic mass is 9.88. The Morgan fingerprint density at radius 2 is 1.79 bits per heavy atom. The van der Waals surface area contributed by atoms with Crippen LogP contribution >= 0.6 is 0 Å². The molecule has 3 unspecified atom stereocenters. The van der Waals surface area contributed by atoms with Gasteiger partial charge in [0.2, 0.25) is 0 Å². The first-order valence-electron chi connectivity index (χ1n) is 6.93. The average molecular weight is 252 g/mol. The zero-order valence-corrected chi connectivity index (χ0v) is 11.5. The molecule has 2 aromatic carbocycles. The van der Waals surface area contributed by atoms with Crippen LogP contribution in [0.2, 0.25) is 0 Å². The fraction of sp³-hybridized carbons (Fsp3) is 0.333. The van der Waals surface area contributed by atoms with E-state index in [0.29, 0.717) is 11.8 Å². The van der Waals surface area contributed by atoms with Gasteiger partial charge in [0.15, 0.2) is 0 Å². The van der Waals surface area contributed by atoms with Gasteiger partial charge in [-0.3, -0.25) is 0 Å². The molecule has 0 spiro atoms. The Kier molecular flexibility index (Phi) is 2.94. The minimum absolute atomic E-state index is 0.330. The van der Waals surface area contributed by atoms with Crippen molar-refractivity contribution < 1.29 is 5.11 Å². The largest absolute Gasteiger partial charge is 0.385 e. The highest BCUT2D eigenvalue weighted by Gasteiger charge is 2.50. The fourth-order valence-corrected chi connectivity index (χ4v) is 3.06. The van der Waals surface area contributed by atoms with Crippen molar-refractivity contribution in [3.8, 4) is 0 Å². The molecule has 1 fully saturated rings. The molecule has 2 aromatic rings. The molecule has 0 bridgehead atoms. The Balaban J connectivity index is 1.84. The van der Waals surface area contributed by atoms with Gasteiger partial charge in [-0.2, -0.15) is 0 Å². The van der Waals surface area contributed by atoms with Gasteiger partial charge in [-0.15, -0.1) is 0 Å². The van der Waals surface area contributed by atoms with Gasteiger partial charge in [0, 0.05) is 0 Å². The van der Waals surface area contributed by atoms with Gasteiger partial charge in [0.25, 0.3) is 0 Å². The molecule has 1 heteroatoms. The van der Waals surface area contributed by atoms with Gasteiger partial charge in [-0.05, 0) is 43.2 Å². The van der Waals surface area contributed by atoms with Crippen LogP contribution in [0.4, 0.5) is 0 Å². The first kappa shape index (κ1) is 12.4. The molecule has 3 atom stereocenters. The second-order valence-electron chi connectivity index (χ2n) is 5.88. The van der Waals surface area contributed by atoms with E-state index >= 15 is 0 Å². The maximum absolute atomic E-state index is 10.9. The first-order valence-corrected chi connectivity index (χ1v) is 6.93. The molecule has 1 saturated carbocycles. The standard InChI is InChI=1S/C18H20O/c1-13-7-6-10-15(11-13)18(2,19)17-12-16(17)14-8-4-3-5-9-14/h3-11,16-17,19H,12H2,1-2H3. The van der Waals surface area contributed by atoms with Crippen molar-refractivity contribution in [3.63, 3.8) is 0 Å². The van der Waals surface area contributed by atoms with Crippen molar-refractivity contribution in [1.82, 2.24) is 0 Å². The molecule has 0 radical (unpaired) electrons. The van der Waals surface area contributed by atoms with Crippen LogP contribution in [0.1, 0.15) is 36.0 Å². The summed E-state index contributed by atoms with van der Waals surface area (Å²) in [5, 5.41) is 10.9. The highest BCUT2D eigenvalue weighted by Crippen LogP contribution is 2.56. The molecule has 3 rings (SSSR count). The highest BCUT2D eigenvalue weighted by atomic mass is 16.3. The summed E-state index contributed by atoms with van der Waals surface area (Å²) in [4.78, 5) is 0. The van der Waals surface area contributed by atoms with Crippen LogP contribution in [0.3, 0.4) is 0 Å². The van der Waals surface area contributed by atoms with E-state index in [1.165, 1.54) is 11.1 Å². The van der Waals surface area contributed by atoms with E-state index in [-0.39, 0.29) is 0 Å². The van der Waals surface area contributed by atoms with E-state index in [1.807, 2.05) is 25.1 Å². The van der Waals surface area contributed by atoms with Gasteiger partial charge in [0.05, 0.1) is 5.60 Å². The topological polar surface area (TPSA) is 20.2 Å². The third kappa shape index (κ3) is 2.31. The minimum atomic E-state index is -0.730. The Labute approximate surface area is 114 Å². The molecule has 0 aliphatic heterocycles. The van der Waals surface area contributed by atoms with E-state index in [1.54, 1.807) is 0 Å². The van der Waals surface area contributed by atoms with Gasteiger partial charge < -0.3 is 5.11 Å². The van der Waals surface area contributed by atoms with Crippen LogP contribution in [0, 0.1) is 12.8 Å². The zero-order chi connectivity index (χ0) is 13.5. The van der Waals surface area contributed by atoms with Gasteiger partial charge in [-0.1, -0.05) is 60.2 Å². The third-order valence-electron chi connectivity index (χ3n) is 4.34. The first-order chi connectivity index (χ1) is 9.09. The van der Waals surface area contributed by atoms with Crippen molar-refractivity contribution >= 4 is 0 Å². The van der Waals surface area contributed by atoms with E-state index in [0.717, 1.165) is 12.0 Å². The molecule has 1 nitrogen and oxygen atoms in total. The summed E-state index contributed by atoms with van der Waals surface area (Å²) in [6.07, 6.45) is 1.07. The second kappa shape index (κ2) is 4.50. The molecule has 0 amide bonds. The normalized spacial score (nSPS) is 24.8. The molecule has 19 heavy (non-hydrogen) atoms. The molecule has 1 aliphatic rings. The summed E-state index contributed by atoms with van der Waals surface area (Å²) in [5.74, 6) is 0.827. The van der Waals surface area contributed by atoms with Crippen molar-refractivity contribution in [2.75, 3.05) is 0 Å². The summed E-state index contributed by atoms with van der Waals surface area (Å²) in [6, 6.07) is 18.7. The molecule has 1 aliphatic carbocycles.